The largest absolute Gasteiger partial charge is 0.390 e. The Hall–Kier alpha value is -3.01. The number of allylic oxidation sites excluding steroid dienone is 3. The van der Waals surface area contributed by atoms with Crippen molar-refractivity contribution in [3.8, 4) is 0 Å². The zero-order valence-corrected chi connectivity index (χ0v) is 38.7. The van der Waals surface area contributed by atoms with E-state index in [2.05, 4.69) is 78.1 Å². The highest BCUT2D eigenvalue weighted by Gasteiger charge is 2.78. The number of Topliss-reactive ketones (excluding diaryl/α,β-unsaturated/α-hetero) is 2. The number of aliphatic imine (C=N–C) groups is 1. The number of aliphatic hydroxyl groups excluding tert-OH is 1. The first kappa shape index (κ1) is 41.7. The third kappa shape index (κ3) is 5.64. The maximum atomic E-state index is 15.5. The standard InChI is InChI=1S/C54H70N2O6/c1-31-22-32(24-35(23-31)33-13-20-61-21-14-33)25-36-29-56-30-37-42-43(50(6,26-39(58)46-49(4,5)62-46)17-10-34-28-55-44(36)45(34)56)38(57)27-53(42)15-9-16-54(37,60)47-51(7)18-12-41(59)48(2,3)40(51)11-19-52(47,53)8/h9,16,22-24,28,33,37,39-40,46-47,58,60H,10-15,17-21,25-27,29-30H2,1-8H3/p+1/t37-,39-,40+,46+,47?,50+,51+,52-,53+,54+/m1/s1. The molecule has 11 atom stereocenters. The van der Waals surface area contributed by atoms with Crippen LogP contribution in [-0.2, 0) is 25.5 Å². The number of fused-ring (bicyclic) bond motifs is 2. The minimum Gasteiger partial charge on any atom is -0.390 e. The van der Waals surface area contributed by atoms with Crippen LogP contribution < -0.4 is 4.90 Å². The second kappa shape index (κ2) is 13.5. The maximum Gasteiger partial charge on any atom is 0.162 e. The van der Waals surface area contributed by atoms with Crippen LogP contribution in [0.1, 0.15) is 142 Å². The minimum absolute atomic E-state index is 0.133. The van der Waals surface area contributed by atoms with Crippen molar-refractivity contribution in [3.05, 3.63) is 80.7 Å². The number of hydrogen-bond donors (Lipinski definition) is 3. The van der Waals surface area contributed by atoms with Gasteiger partial charge >= 0.3 is 0 Å². The Labute approximate surface area is 369 Å². The Morgan fingerprint density at radius 1 is 0.968 bits per heavy atom. The monoisotopic (exact) mass is 844 g/mol. The van der Waals surface area contributed by atoms with Crippen LogP contribution in [0.5, 0.6) is 0 Å². The van der Waals surface area contributed by atoms with Crippen molar-refractivity contribution in [3.63, 3.8) is 0 Å². The zero-order valence-electron chi connectivity index (χ0n) is 38.7. The fourth-order valence-corrected chi connectivity index (χ4v) is 17.0. The van der Waals surface area contributed by atoms with Crippen LogP contribution >= 0.6 is 0 Å². The van der Waals surface area contributed by atoms with Crippen molar-refractivity contribution in [2.45, 2.75) is 162 Å². The normalized spacial score (nSPS) is 43.1. The molecule has 1 spiro atoms. The summed E-state index contributed by atoms with van der Waals surface area (Å²) in [6.45, 7) is 20.9. The van der Waals surface area contributed by atoms with Crippen molar-refractivity contribution >= 4 is 17.8 Å². The Balaban J connectivity index is 1.06. The summed E-state index contributed by atoms with van der Waals surface area (Å²) < 4.78 is 11.8. The number of ether oxygens (including phenoxy) is 2. The first-order chi connectivity index (χ1) is 29.3. The van der Waals surface area contributed by atoms with E-state index in [1.54, 1.807) is 0 Å². The van der Waals surface area contributed by atoms with Crippen LogP contribution in [-0.4, -0.2) is 77.7 Å². The number of aliphatic hydroxyl groups is 2. The van der Waals surface area contributed by atoms with Gasteiger partial charge in [-0.25, -0.2) is 4.99 Å². The number of aryl methyl sites for hydroxylation is 1. The van der Waals surface area contributed by atoms with Crippen LogP contribution in [0.4, 0.5) is 0 Å². The van der Waals surface area contributed by atoms with Gasteiger partial charge in [0.1, 0.15) is 24.1 Å². The molecule has 12 rings (SSSR count). The van der Waals surface area contributed by atoms with Crippen molar-refractivity contribution in [2.24, 2.45) is 49.8 Å². The average Bonchev–Trinajstić information content (AvgIpc) is 3.43. The SMILES string of the molecule is Cc1cc(CC2=C3N=CC4=C3[NH+](C2)C[C@@H]2C3=C(C(=O)C[C@@]35CC=C[C@@]2(O)C2[C@@]3(C)CCC(=O)C(C)(C)[C@@H]3CC[C@]25C)[C@](C)(C[C@@H](O)[C@@H]2OC2(C)C)CC4)cc(C2CCOCC2)c1. The third-order valence-corrected chi connectivity index (χ3v) is 19.7. The van der Waals surface area contributed by atoms with Crippen molar-refractivity contribution < 1.29 is 34.2 Å². The molecule has 0 radical (unpaired) electrons. The van der Waals surface area contributed by atoms with Gasteiger partial charge in [-0.3, -0.25) is 14.5 Å². The van der Waals surface area contributed by atoms with Gasteiger partial charge in [0.2, 0.25) is 0 Å². The van der Waals surface area contributed by atoms with E-state index in [-0.39, 0.29) is 40.5 Å². The second-order valence-corrected chi connectivity index (χ2v) is 24.0. The Kier molecular flexibility index (Phi) is 9.09. The van der Waals surface area contributed by atoms with Gasteiger partial charge in [-0.05, 0) is 123 Å². The summed E-state index contributed by atoms with van der Waals surface area (Å²) in [6.07, 6.45) is 14.7. The predicted molar refractivity (Wildman–Crippen MR) is 240 cm³/mol. The number of carbonyl (C=O) groups is 2. The summed E-state index contributed by atoms with van der Waals surface area (Å²) in [5.41, 5.74) is 7.25. The smallest absolute Gasteiger partial charge is 0.162 e. The lowest BCUT2D eigenvalue weighted by molar-refractivity contribution is -0.853. The Morgan fingerprint density at radius 3 is 2.47 bits per heavy atom. The molecule has 5 fully saturated rings. The van der Waals surface area contributed by atoms with Crippen molar-refractivity contribution in [1.29, 1.82) is 0 Å². The number of rotatable bonds is 6. The molecule has 62 heavy (non-hydrogen) atoms. The first-order valence-corrected chi connectivity index (χ1v) is 24.4. The molecule has 1 aromatic rings. The first-order valence-electron chi connectivity index (χ1n) is 24.4. The van der Waals surface area contributed by atoms with Crippen LogP contribution in [0.3, 0.4) is 0 Å². The summed E-state index contributed by atoms with van der Waals surface area (Å²) >= 11 is 0. The van der Waals surface area contributed by atoms with E-state index >= 15 is 4.79 Å². The number of quaternary nitrogens is 1. The van der Waals surface area contributed by atoms with Gasteiger partial charge in [0, 0.05) is 72.2 Å². The molecule has 332 valence electrons. The minimum atomic E-state index is -1.24. The molecule has 2 saturated heterocycles. The number of ketones is 2. The van der Waals surface area contributed by atoms with Gasteiger partial charge in [-0.15, -0.1) is 0 Å². The highest BCUT2D eigenvalue weighted by molar-refractivity contribution is 6.02. The highest BCUT2D eigenvalue weighted by Crippen LogP contribution is 2.79. The van der Waals surface area contributed by atoms with Crippen LogP contribution in [0.15, 0.2) is 69.0 Å². The molecule has 0 aromatic heterocycles. The lowest BCUT2D eigenvalue weighted by atomic mass is 9.32. The van der Waals surface area contributed by atoms with E-state index in [1.807, 2.05) is 13.8 Å². The summed E-state index contributed by atoms with van der Waals surface area (Å²) in [5, 5.41) is 26.3. The van der Waals surface area contributed by atoms with Gasteiger partial charge in [-0.2, -0.15) is 0 Å². The summed E-state index contributed by atoms with van der Waals surface area (Å²) in [7, 11) is 0. The number of carbonyl (C=O) groups excluding carboxylic acids is 2. The summed E-state index contributed by atoms with van der Waals surface area (Å²) in [5.74, 6) is 0.778. The number of hydrogen-bond acceptors (Lipinski definition) is 7. The molecule has 2 bridgehead atoms. The Morgan fingerprint density at radius 2 is 1.73 bits per heavy atom. The molecular weight excluding hydrogens is 773 g/mol. The molecule has 3 saturated carbocycles. The van der Waals surface area contributed by atoms with Crippen molar-refractivity contribution in [2.75, 3.05) is 26.3 Å². The van der Waals surface area contributed by atoms with Crippen LogP contribution in [0.2, 0.25) is 0 Å². The predicted octanol–water partition coefficient (Wildman–Crippen LogP) is 7.66. The molecule has 5 heterocycles. The molecule has 2 unspecified atom stereocenters. The fourth-order valence-electron chi connectivity index (χ4n) is 17.0. The maximum absolute atomic E-state index is 15.5. The summed E-state index contributed by atoms with van der Waals surface area (Å²) in [4.78, 5) is 35.8. The van der Waals surface area contributed by atoms with E-state index < -0.39 is 33.6 Å². The quantitative estimate of drug-likeness (QED) is 0.201. The Bertz CT molecular complexity index is 2330. The van der Waals surface area contributed by atoms with E-state index in [4.69, 9.17) is 14.5 Å². The van der Waals surface area contributed by atoms with Crippen molar-refractivity contribution in [1.82, 2.24) is 0 Å². The topological polar surface area (TPSA) is 113 Å². The van der Waals surface area contributed by atoms with Gasteiger partial charge in [0.05, 0.1) is 29.8 Å². The third-order valence-electron chi connectivity index (χ3n) is 19.7. The van der Waals surface area contributed by atoms with Gasteiger partial charge in [0.15, 0.2) is 11.5 Å². The highest BCUT2D eigenvalue weighted by atomic mass is 16.6. The van der Waals surface area contributed by atoms with Gasteiger partial charge < -0.3 is 19.7 Å². The molecular formula is C54H71N2O6+. The number of epoxide rings is 1. The van der Waals surface area contributed by atoms with Crippen LogP contribution in [0.25, 0.3) is 0 Å². The van der Waals surface area contributed by atoms with E-state index in [0.717, 1.165) is 82.4 Å². The van der Waals surface area contributed by atoms with Gasteiger partial charge in [-0.1, -0.05) is 70.5 Å². The van der Waals surface area contributed by atoms with E-state index in [9.17, 15) is 15.0 Å². The fraction of sp³-hybridized carbons (Fsp3) is 0.685. The van der Waals surface area contributed by atoms with E-state index in [0.29, 0.717) is 43.9 Å². The van der Waals surface area contributed by atoms with Crippen LogP contribution in [0, 0.1) is 51.8 Å². The molecule has 0 amide bonds. The second-order valence-electron chi connectivity index (χ2n) is 24.0. The average molecular weight is 844 g/mol. The molecule has 6 aliphatic carbocycles. The molecule has 8 heteroatoms. The molecule has 1 aromatic carbocycles. The molecule has 8 nitrogen and oxygen atoms in total. The molecule has 3 N–H and O–H groups in total. The lowest BCUT2D eigenvalue weighted by Crippen LogP contribution is -3.10. The zero-order chi connectivity index (χ0) is 43.6. The molecule has 5 aliphatic heterocycles. The summed E-state index contributed by atoms with van der Waals surface area (Å²) in [6, 6.07) is 7.16. The number of benzene rings is 1. The number of nitrogens with zero attached hydrogens (tertiary/aromatic N) is 1. The lowest BCUT2D eigenvalue weighted by Gasteiger charge is -2.72. The van der Waals surface area contributed by atoms with Gasteiger partial charge in [0.25, 0.3) is 0 Å². The molecule has 11 aliphatic rings. The van der Waals surface area contributed by atoms with E-state index in [1.165, 1.54) is 44.0 Å². The number of nitrogens with one attached hydrogen (secondary N) is 1.